The van der Waals surface area contributed by atoms with Crippen molar-refractivity contribution in [3.8, 4) is 5.75 Å². The van der Waals surface area contributed by atoms with Gasteiger partial charge in [0.05, 0.1) is 0 Å². The van der Waals surface area contributed by atoms with Crippen molar-refractivity contribution in [2.24, 2.45) is 0 Å². The molecule has 6 N–H and O–H groups in total. The molecule has 0 aliphatic carbocycles. The maximum atomic E-state index is 13.5. The number of hydrogen-bond donors (Lipinski definition) is 6. The maximum absolute atomic E-state index is 13.5. The van der Waals surface area contributed by atoms with E-state index < -0.39 is 18.0 Å². The molecule has 2 atom stereocenters. The summed E-state index contributed by atoms with van der Waals surface area (Å²) in [4.78, 5) is 47.7. The highest BCUT2D eigenvalue weighted by Crippen LogP contribution is 2.22. The van der Waals surface area contributed by atoms with Crippen LogP contribution < -0.4 is 20.7 Å². The van der Waals surface area contributed by atoms with Crippen LogP contribution in [0.5, 0.6) is 5.75 Å². The second-order valence-corrected chi connectivity index (χ2v) is 9.80. The second kappa shape index (κ2) is 20.3. The van der Waals surface area contributed by atoms with Crippen LogP contribution in [0.3, 0.4) is 0 Å². The molecule has 2 aromatic rings. The molecule has 2 rings (SSSR count). The topological polar surface area (TPSA) is 176 Å². The number of amides is 3. The minimum absolute atomic E-state index is 0.0555. The summed E-state index contributed by atoms with van der Waals surface area (Å²) in [6, 6.07) is 12.3. The van der Waals surface area contributed by atoms with Gasteiger partial charge in [0.2, 0.25) is 17.7 Å². The Balaban J connectivity index is 2.27. The summed E-state index contributed by atoms with van der Waals surface area (Å²) in [6.45, 7) is 2.17. The Hall–Kier alpha value is -3.55. The SMILES string of the molecule is CCCCCNC(=O)C(Cc1ccc(OCCOO)c(COO)c1)NC(=O)C(Cc1ccccc1)NC(=O)CCCO. The van der Waals surface area contributed by atoms with Crippen LogP contribution in [0.2, 0.25) is 0 Å². The van der Waals surface area contributed by atoms with E-state index in [0.29, 0.717) is 23.4 Å². The minimum Gasteiger partial charge on any atom is -0.491 e. The summed E-state index contributed by atoms with van der Waals surface area (Å²) in [5.41, 5.74) is 1.98. The Kier molecular flexibility index (Phi) is 16.8. The van der Waals surface area contributed by atoms with Crippen LogP contribution in [0.25, 0.3) is 0 Å². The Morgan fingerprint density at radius 2 is 1.57 bits per heavy atom. The van der Waals surface area contributed by atoms with Gasteiger partial charge in [-0.3, -0.25) is 24.9 Å². The lowest BCUT2D eigenvalue weighted by atomic mass is 10.0. The van der Waals surface area contributed by atoms with E-state index in [4.69, 9.17) is 20.4 Å². The van der Waals surface area contributed by atoms with E-state index in [1.54, 1.807) is 18.2 Å². The van der Waals surface area contributed by atoms with Crippen molar-refractivity contribution in [3.05, 3.63) is 65.2 Å². The number of carbonyl (C=O) groups excluding carboxylic acids is 3. The van der Waals surface area contributed by atoms with Gasteiger partial charge < -0.3 is 25.8 Å². The number of ether oxygens (including phenoxy) is 1. The number of carbonyl (C=O) groups is 3. The van der Waals surface area contributed by atoms with Crippen LogP contribution in [0.15, 0.2) is 48.5 Å². The second-order valence-electron chi connectivity index (χ2n) is 9.80. The molecular weight excluding hydrogens is 546 g/mol. The molecule has 0 aliphatic rings. The molecule has 0 bridgehead atoms. The van der Waals surface area contributed by atoms with Crippen LogP contribution in [-0.2, 0) is 43.6 Å². The average molecular weight is 590 g/mol. The molecule has 0 spiro atoms. The third-order valence-electron chi connectivity index (χ3n) is 6.43. The number of nitrogens with one attached hydrogen (secondary N) is 3. The monoisotopic (exact) mass is 589 g/mol. The summed E-state index contributed by atoms with van der Waals surface area (Å²) in [6.07, 6.45) is 3.38. The van der Waals surface area contributed by atoms with Crippen LogP contribution in [0.4, 0.5) is 0 Å². The first-order valence-electron chi connectivity index (χ1n) is 14.2. The van der Waals surface area contributed by atoms with Gasteiger partial charge in [0.25, 0.3) is 0 Å². The molecule has 0 aromatic heterocycles. The molecule has 232 valence electrons. The molecule has 0 fully saturated rings. The van der Waals surface area contributed by atoms with Crippen molar-refractivity contribution in [1.29, 1.82) is 0 Å². The Morgan fingerprint density at radius 1 is 0.833 bits per heavy atom. The first-order chi connectivity index (χ1) is 20.4. The maximum Gasteiger partial charge on any atom is 0.243 e. The van der Waals surface area contributed by atoms with Crippen molar-refractivity contribution >= 4 is 17.7 Å². The lowest BCUT2D eigenvalue weighted by molar-refractivity contribution is -0.253. The predicted octanol–water partition coefficient (Wildman–Crippen LogP) is 2.38. The van der Waals surface area contributed by atoms with E-state index in [1.807, 2.05) is 30.3 Å². The highest BCUT2D eigenvalue weighted by molar-refractivity contribution is 5.92. The van der Waals surface area contributed by atoms with Gasteiger partial charge in [-0.1, -0.05) is 56.2 Å². The van der Waals surface area contributed by atoms with E-state index in [-0.39, 0.29) is 63.9 Å². The zero-order valence-electron chi connectivity index (χ0n) is 24.0. The lowest BCUT2D eigenvalue weighted by Gasteiger charge is -2.24. The number of aliphatic hydroxyl groups excluding tert-OH is 1. The Bertz CT molecular complexity index is 1080. The molecule has 12 nitrogen and oxygen atoms in total. The van der Waals surface area contributed by atoms with Gasteiger partial charge in [-0.05, 0) is 36.1 Å². The van der Waals surface area contributed by atoms with Gasteiger partial charge in [0.15, 0.2) is 0 Å². The molecular formula is C30H43N3O9. The molecule has 0 saturated carbocycles. The number of hydrogen-bond acceptors (Lipinski definition) is 9. The van der Waals surface area contributed by atoms with E-state index in [2.05, 4.69) is 32.6 Å². The summed E-state index contributed by atoms with van der Waals surface area (Å²) < 4.78 is 5.55. The van der Waals surface area contributed by atoms with Crippen LogP contribution in [-0.4, -0.2) is 71.8 Å². The number of aliphatic hydroxyl groups is 1. The lowest BCUT2D eigenvalue weighted by Crippen LogP contribution is -2.55. The van der Waals surface area contributed by atoms with Crippen molar-refractivity contribution in [3.63, 3.8) is 0 Å². The predicted molar refractivity (Wildman–Crippen MR) is 155 cm³/mol. The van der Waals surface area contributed by atoms with Crippen molar-refractivity contribution < 1.29 is 44.5 Å². The van der Waals surface area contributed by atoms with E-state index in [1.165, 1.54) is 0 Å². The van der Waals surface area contributed by atoms with Gasteiger partial charge >= 0.3 is 0 Å². The number of benzene rings is 2. The van der Waals surface area contributed by atoms with Gasteiger partial charge in [-0.25, -0.2) is 9.78 Å². The molecule has 12 heteroatoms. The Morgan fingerprint density at radius 3 is 2.26 bits per heavy atom. The summed E-state index contributed by atoms with van der Waals surface area (Å²) in [7, 11) is 0. The molecule has 0 saturated heterocycles. The molecule has 42 heavy (non-hydrogen) atoms. The molecule has 2 aromatic carbocycles. The molecule has 0 heterocycles. The number of rotatable bonds is 21. The van der Waals surface area contributed by atoms with Crippen LogP contribution in [0.1, 0.15) is 55.7 Å². The third-order valence-corrected chi connectivity index (χ3v) is 6.43. The number of unbranched alkanes of at least 4 members (excludes halogenated alkanes) is 2. The van der Waals surface area contributed by atoms with E-state index in [0.717, 1.165) is 24.8 Å². The van der Waals surface area contributed by atoms with Gasteiger partial charge in [0.1, 0.15) is 37.7 Å². The summed E-state index contributed by atoms with van der Waals surface area (Å²) in [5.74, 6) is -0.878. The Labute approximate surface area is 246 Å². The van der Waals surface area contributed by atoms with Crippen LogP contribution in [0, 0.1) is 0 Å². The quantitative estimate of drug-likeness (QED) is 0.0725. The van der Waals surface area contributed by atoms with Gasteiger partial charge in [-0.2, -0.15) is 0 Å². The van der Waals surface area contributed by atoms with E-state index in [9.17, 15) is 14.4 Å². The zero-order valence-corrected chi connectivity index (χ0v) is 24.0. The normalized spacial score (nSPS) is 12.3. The third kappa shape index (κ3) is 13.0. The average Bonchev–Trinajstić information content (AvgIpc) is 2.99. The largest absolute Gasteiger partial charge is 0.491 e. The fourth-order valence-electron chi connectivity index (χ4n) is 4.26. The first kappa shape index (κ1) is 34.7. The highest BCUT2D eigenvalue weighted by atomic mass is 17.1. The molecule has 0 radical (unpaired) electrons. The van der Waals surface area contributed by atoms with E-state index >= 15 is 0 Å². The summed E-state index contributed by atoms with van der Waals surface area (Å²) in [5, 5.41) is 35.1. The fourth-order valence-corrected chi connectivity index (χ4v) is 4.26. The highest BCUT2D eigenvalue weighted by Gasteiger charge is 2.27. The smallest absolute Gasteiger partial charge is 0.243 e. The minimum atomic E-state index is -0.968. The van der Waals surface area contributed by atoms with Gasteiger partial charge in [-0.15, -0.1) is 0 Å². The fraction of sp³-hybridized carbons (Fsp3) is 0.500. The van der Waals surface area contributed by atoms with Gasteiger partial charge in [0, 0.05) is 38.0 Å². The van der Waals surface area contributed by atoms with Crippen LogP contribution >= 0.6 is 0 Å². The van der Waals surface area contributed by atoms with Crippen molar-refractivity contribution in [1.82, 2.24) is 16.0 Å². The molecule has 0 aliphatic heterocycles. The van der Waals surface area contributed by atoms with Crippen molar-refractivity contribution in [2.45, 2.75) is 70.6 Å². The molecule has 2 unspecified atom stereocenters. The zero-order chi connectivity index (χ0) is 30.6. The molecule has 3 amide bonds. The first-order valence-corrected chi connectivity index (χ1v) is 14.2. The standard InChI is InChI=1S/C30H43N3O9/c1-2-3-7-14-31-29(36)25(20-23-12-13-27(40-16-17-41-38)24(18-23)21-42-39)33-30(37)26(32-28(35)11-8-15-34)19-22-9-5-4-6-10-22/h4-6,9-10,12-13,18,25-26,34,38-39H,2-3,7-8,11,14-17,19-21H2,1H3,(H,31,36)(H,32,35)(H,33,37). The summed E-state index contributed by atoms with van der Waals surface area (Å²) >= 11 is 0. The van der Waals surface area contributed by atoms with Crippen molar-refractivity contribution in [2.75, 3.05) is 26.4 Å².